The average Bonchev–Trinajstić information content (AvgIpc) is 2.74. The molecule has 0 radical (unpaired) electrons. The molecule has 0 bridgehead atoms. The Balaban J connectivity index is 2.06. The fourth-order valence-corrected chi connectivity index (χ4v) is 4.29. The van der Waals surface area contributed by atoms with E-state index in [9.17, 15) is 8.42 Å². The monoisotopic (exact) mass is 351 g/mol. The molecule has 1 aliphatic heterocycles. The molecule has 0 aromatic carbocycles. The Hall–Kier alpha value is -0.370. The second-order valence-corrected chi connectivity index (χ2v) is 7.94. The Morgan fingerprint density at radius 1 is 1.47 bits per heavy atom. The van der Waals surface area contributed by atoms with Crippen molar-refractivity contribution in [3.8, 4) is 0 Å². The molecule has 7 heteroatoms. The molecule has 5 nitrogen and oxygen atoms in total. The topological polar surface area (TPSA) is 59.8 Å². The summed E-state index contributed by atoms with van der Waals surface area (Å²) < 4.78 is 37.6. The molecule has 0 saturated carbocycles. The first-order valence-corrected chi connectivity index (χ1v) is 8.50. The molecule has 1 aromatic rings. The molecule has 0 spiro atoms. The number of ether oxygens (including phenoxy) is 1. The Labute approximate surface area is 122 Å². The van der Waals surface area contributed by atoms with Crippen LogP contribution >= 0.6 is 15.9 Å². The van der Waals surface area contributed by atoms with E-state index >= 15 is 0 Å². The van der Waals surface area contributed by atoms with Crippen molar-refractivity contribution in [1.29, 1.82) is 0 Å². The van der Waals surface area contributed by atoms with Gasteiger partial charge in [0.15, 0.2) is 4.67 Å². The zero-order chi connectivity index (χ0) is 14.0. The summed E-state index contributed by atoms with van der Waals surface area (Å²) in [5.74, 6) is 0.623. The lowest BCUT2D eigenvalue weighted by Gasteiger charge is -2.30. The summed E-state index contributed by atoms with van der Waals surface area (Å²) in [5, 5.41) is -0.361. The molecule has 1 aromatic heterocycles. The Kier molecular flexibility index (Phi) is 4.70. The van der Waals surface area contributed by atoms with E-state index in [4.69, 9.17) is 9.15 Å². The third-order valence-electron chi connectivity index (χ3n) is 3.30. The number of rotatable bonds is 4. The smallest absolute Gasteiger partial charge is 0.217 e. The molecule has 2 rings (SSSR count). The van der Waals surface area contributed by atoms with Gasteiger partial charge in [-0.25, -0.2) is 8.42 Å². The van der Waals surface area contributed by atoms with Gasteiger partial charge in [-0.05, 0) is 47.8 Å². The number of sulfonamides is 1. The molecule has 108 valence electrons. The lowest BCUT2D eigenvalue weighted by Crippen LogP contribution is -2.40. The predicted octanol–water partition coefficient (Wildman–Crippen LogP) is 2.37. The predicted molar refractivity (Wildman–Crippen MR) is 75.2 cm³/mol. The molecule has 19 heavy (non-hydrogen) atoms. The van der Waals surface area contributed by atoms with E-state index in [1.54, 1.807) is 19.2 Å². The van der Waals surface area contributed by atoms with Gasteiger partial charge in [0, 0.05) is 13.7 Å². The third kappa shape index (κ3) is 3.59. The number of hydrogen-bond acceptors (Lipinski definition) is 4. The van der Waals surface area contributed by atoms with E-state index in [2.05, 4.69) is 15.9 Å². The van der Waals surface area contributed by atoms with Gasteiger partial charge in [-0.1, -0.05) is 0 Å². The van der Waals surface area contributed by atoms with E-state index in [0.717, 1.165) is 0 Å². The van der Waals surface area contributed by atoms with Crippen molar-refractivity contribution in [1.82, 2.24) is 4.31 Å². The number of hydrogen-bond donors (Lipinski definition) is 0. The van der Waals surface area contributed by atoms with Crippen LogP contribution in [0.4, 0.5) is 0 Å². The molecule has 0 aliphatic carbocycles. The summed E-state index contributed by atoms with van der Waals surface area (Å²) in [6, 6.07) is 3.52. The van der Waals surface area contributed by atoms with Crippen LogP contribution in [0.5, 0.6) is 0 Å². The molecule has 2 unspecified atom stereocenters. The average molecular weight is 352 g/mol. The molecule has 2 heterocycles. The summed E-state index contributed by atoms with van der Waals surface area (Å²) in [5.41, 5.74) is 0. The molecule has 1 fully saturated rings. The normalized spacial score (nSPS) is 24.8. The van der Waals surface area contributed by atoms with Crippen LogP contribution in [0.1, 0.15) is 25.5 Å². The maximum absolute atomic E-state index is 12.5. The fraction of sp³-hybridized carbons (Fsp3) is 0.667. The van der Waals surface area contributed by atoms with Crippen molar-refractivity contribution >= 4 is 26.0 Å². The van der Waals surface area contributed by atoms with Gasteiger partial charge >= 0.3 is 0 Å². The van der Waals surface area contributed by atoms with E-state index in [1.165, 1.54) is 4.31 Å². The van der Waals surface area contributed by atoms with Gasteiger partial charge < -0.3 is 9.15 Å². The minimum absolute atomic E-state index is 0.000294. The lowest BCUT2D eigenvalue weighted by molar-refractivity contribution is 0.0294. The first kappa shape index (κ1) is 15.0. The van der Waals surface area contributed by atoms with Crippen LogP contribution in [-0.4, -0.2) is 37.7 Å². The first-order chi connectivity index (χ1) is 8.89. The van der Waals surface area contributed by atoms with Crippen molar-refractivity contribution in [3.05, 3.63) is 22.6 Å². The van der Waals surface area contributed by atoms with Crippen LogP contribution in [0.25, 0.3) is 0 Å². The van der Waals surface area contributed by atoms with E-state index < -0.39 is 10.0 Å². The largest absolute Gasteiger partial charge is 0.453 e. The van der Waals surface area contributed by atoms with Gasteiger partial charge in [0.1, 0.15) is 5.76 Å². The van der Waals surface area contributed by atoms with Gasteiger partial charge in [0.05, 0.1) is 17.9 Å². The summed E-state index contributed by atoms with van der Waals surface area (Å²) in [7, 11) is -1.72. The summed E-state index contributed by atoms with van der Waals surface area (Å²) in [6.07, 6.45) is 1.10. The van der Waals surface area contributed by atoms with Crippen LogP contribution in [0.3, 0.4) is 0 Å². The number of halogens is 1. The highest BCUT2D eigenvalue weighted by Crippen LogP contribution is 2.24. The van der Waals surface area contributed by atoms with Crippen molar-refractivity contribution < 1.29 is 17.6 Å². The Morgan fingerprint density at radius 2 is 2.21 bits per heavy atom. The standard InChI is InChI=1S/C12H18BrNO4S/c1-9-7-11(5-6-17-9)19(15,16)14(2)8-10-3-4-12(13)18-10/h3-4,9,11H,5-8H2,1-2H3. The van der Waals surface area contributed by atoms with Crippen molar-refractivity contribution in [3.63, 3.8) is 0 Å². The van der Waals surface area contributed by atoms with Crippen LogP contribution in [0, 0.1) is 0 Å². The third-order valence-corrected chi connectivity index (χ3v) is 5.99. The highest BCUT2D eigenvalue weighted by molar-refractivity contribution is 9.10. The SMILES string of the molecule is CC1CC(S(=O)(=O)N(C)Cc2ccc(Br)o2)CCO1. The minimum Gasteiger partial charge on any atom is -0.453 e. The van der Waals surface area contributed by atoms with Gasteiger partial charge in [-0.15, -0.1) is 0 Å². The van der Waals surface area contributed by atoms with E-state index in [0.29, 0.717) is 29.9 Å². The summed E-state index contributed by atoms with van der Waals surface area (Å²) in [6.45, 7) is 2.66. The second-order valence-electron chi connectivity index (χ2n) is 4.83. The van der Waals surface area contributed by atoms with Crippen molar-refractivity contribution in [2.24, 2.45) is 0 Å². The number of furan rings is 1. The molecule has 2 atom stereocenters. The molecular weight excluding hydrogens is 334 g/mol. The van der Waals surface area contributed by atoms with Crippen LogP contribution < -0.4 is 0 Å². The molecule has 1 saturated heterocycles. The van der Waals surface area contributed by atoms with Gasteiger partial charge in [-0.3, -0.25) is 0 Å². The maximum Gasteiger partial charge on any atom is 0.217 e. The van der Waals surface area contributed by atoms with Gasteiger partial charge in [-0.2, -0.15) is 4.31 Å². The Morgan fingerprint density at radius 3 is 2.79 bits per heavy atom. The highest BCUT2D eigenvalue weighted by atomic mass is 79.9. The lowest BCUT2D eigenvalue weighted by atomic mass is 10.1. The Bertz CT molecular complexity index is 528. The second kappa shape index (κ2) is 5.95. The van der Waals surface area contributed by atoms with Crippen LogP contribution in [0.15, 0.2) is 21.2 Å². The molecular formula is C12H18BrNO4S. The first-order valence-electron chi connectivity index (χ1n) is 6.20. The summed E-state index contributed by atoms with van der Waals surface area (Å²) >= 11 is 3.21. The van der Waals surface area contributed by atoms with E-state index in [1.807, 2.05) is 6.92 Å². The summed E-state index contributed by atoms with van der Waals surface area (Å²) in [4.78, 5) is 0. The van der Waals surface area contributed by atoms with Gasteiger partial charge in [0.2, 0.25) is 10.0 Å². The van der Waals surface area contributed by atoms with Crippen LogP contribution in [0.2, 0.25) is 0 Å². The molecule has 1 aliphatic rings. The minimum atomic E-state index is -3.31. The fourth-order valence-electron chi connectivity index (χ4n) is 2.23. The maximum atomic E-state index is 12.5. The van der Waals surface area contributed by atoms with Crippen molar-refractivity contribution in [2.75, 3.05) is 13.7 Å². The number of nitrogens with zero attached hydrogens (tertiary/aromatic N) is 1. The van der Waals surface area contributed by atoms with Crippen LogP contribution in [-0.2, 0) is 21.3 Å². The van der Waals surface area contributed by atoms with E-state index in [-0.39, 0.29) is 17.9 Å². The van der Waals surface area contributed by atoms with Crippen molar-refractivity contribution in [2.45, 2.75) is 37.7 Å². The zero-order valence-corrected chi connectivity index (χ0v) is 13.4. The highest BCUT2D eigenvalue weighted by Gasteiger charge is 2.34. The molecule has 0 amide bonds. The van der Waals surface area contributed by atoms with Gasteiger partial charge in [0.25, 0.3) is 0 Å². The molecule has 0 N–H and O–H groups in total. The zero-order valence-electron chi connectivity index (χ0n) is 11.0. The quantitative estimate of drug-likeness (QED) is 0.835.